The first-order chi connectivity index (χ1) is 25.0. The Morgan fingerprint density at radius 1 is 0.904 bits per heavy atom. The van der Waals surface area contributed by atoms with Gasteiger partial charge in [0.25, 0.3) is 27.7 Å². The van der Waals surface area contributed by atoms with Crippen LogP contribution in [-0.4, -0.2) is 64.7 Å². The number of carbonyl (C=O) groups excluding carboxylic acids is 3. The Hall–Kier alpha value is -4.65. The van der Waals surface area contributed by atoms with Gasteiger partial charge < -0.3 is 9.80 Å². The van der Waals surface area contributed by atoms with Crippen LogP contribution < -0.4 is 4.72 Å². The fraction of sp³-hybridized carbons (Fsp3) is 0.282. The number of sulfonamides is 1. The minimum absolute atomic E-state index is 0.0426. The molecule has 52 heavy (non-hydrogen) atoms. The van der Waals surface area contributed by atoms with Gasteiger partial charge in [0.15, 0.2) is 5.69 Å². The fourth-order valence-corrected chi connectivity index (χ4v) is 8.30. The van der Waals surface area contributed by atoms with Crippen LogP contribution in [0.1, 0.15) is 82.0 Å². The van der Waals surface area contributed by atoms with Crippen LogP contribution in [0.15, 0.2) is 94.7 Å². The molecule has 1 aliphatic rings. The van der Waals surface area contributed by atoms with Gasteiger partial charge in [-0.05, 0) is 72.5 Å². The highest BCUT2D eigenvalue weighted by atomic mass is 35.5. The van der Waals surface area contributed by atoms with Crippen molar-refractivity contribution >= 4 is 61.9 Å². The molecule has 0 spiro atoms. The van der Waals surface area contributed by atoms with Gasteiger partial charge in [-0.2, -0.15) is 5.10 Å². The number of unbranched alkanes of at least 4 members (excludes halogenated alkanes) is 2. The number of amides is 3. The summed E-state index contributed by atoms with van der Waals surface area (Å²) in [7, 11) is -4.26. The Balaban J connectivity index is 1.38. The maximum absolute atomic E-state index is 14.4. The quantitative estimate of drug-likeness (QED) is 0.138. The lowest BCUT2D eigenvalue weighted by Crippen LogP contribution is -2.34. The summed E-state index contributed by atoms with van der Waals surface area (Å²) in [6.07, 6.45) is 3.52. The lowest BCUT2D eigenvalue weighted by atomic mass is 10.1. The first kappa shape index (κ1) is 37.1. The lowest BCUT2D eigenvalue weighted by molar-refractivity contribution is 0.0743. The second-order valence-electron chi connectivity index (χ2n) is 12.7. The standard InChI is InChI=1S/C39H40ClN5O5S2/c1-4-6-20-43(21-7-5-2)39(48)36-35(40)26(3)45(41-36)33-19-17-29(23-32(33)38(47)44-24-30-14-10-11-15-34(30)51-25-44)37(46)42-52(49,50)31-18-16-27-12-8-9-13-28(27)22-31/h8-19,22-23H,4-7,20-21,24-25H2,1-3H3,(H,42,46). The molecule has 5 aromatic rings. The van der Waals surface area contributed by atoms with E-state index >= 15 is 0 Å². The van der Waals surface area contributed by atoms with Crippen LogP contribution in [-0.2, 0) is 16.6 Å². The highest BCUT2D eigenvalue weighted by molar-refractivity contribution is 7.99. The van der Waals surface area contributed by atoms with Crippen molar-refractivity contribution in [2.75, 3.05) is 19.0 Å². The smallest absolute Gasteiger partial charge is 0.275 e. The summed E-state index contributed by atoms with van der Waals surface area (Å²) in [6, 6.07) is 24.1. The highest BCUT2D eigenvalue weighted by Crippen LogP contribution is 2.33. The van der Waals surface area contributed by atoms with Crippen molar-refractivity contribution in [3.63, 3.8) is 0 Å². The largest absolute Gasteiger partial charge is 0.337 e. The summed E-state index contributed by atoms with van der Waals surface area (Å²) in [6.45, 7) is 7.32. The minimum atomic E-state index is -4.26. The number of aromatic nitrogens is 2. The molecule has 10 nitrogen and oxygen atoms in total. The Kier molecular flexibility index (Phi) is 11.4. The second-order valence-corrected chi connectivity index (χ2v) is 15.8. The van der Waals surface area contributed by atoms with Crippen molar-refractivity contribution in [1.82, 2.24) is 24.3 Å². The number of carbonyl (C=O) groups is 3. The number of thioether (sulfide) groups is 1. The van der Waals surface area contributed by atoms with Gasteiger partial charge in [-0.15, -0.1) is 11.8 Å². The zero-order valence-electron chi connectivity index (χ0n) is 29.3. The summed E-state index contributed by atoms with van der Waals surface area (Å²) >= 11 is 8.32. The SMILES string of the molecule is CCCCN(CCCC)C(=O)c1nn(-c2ccc(C(=O)NS(=O)(=O)c3ccc4ccccc4c3)cc2C(=O)N2CSc3ccccc3C2)c(C)c1Cl. The van der Waals surface area contributed by atoms with Gasteiger partial charge in [0.1, 0.15) is 0 Å². The molecule has 1 aliphatic heterocycles. The Morgan fingerprint density at radius 2 is 1.60 bits per heavy atom. The molecule has 6 rings (SSSR count). The van der Waals surface area contributed by atoms with Gasteiger partial charge in [0.2, 0.25) is 0 Å². The van der Waals surface area contributed by atoms with E-state index in [-0.39, 0.29) is 32.6 Å². The summed E-state index contributed by atoms with van der Waals surface area (Å²) in [5.74, 6) is -1.23. The van der Waals surface area contributed by atoms with E-state index in [1.165, 1.54) is 46.8 Å². The molecule has 0 bridgehead atoms. The topological polar surface area (TPSA) is 122 Å². The van der Waals surface area contributed by atoms with Crippen LogP contribution >= 0.6 is 23.4 Å². The summed E-state index contributed by atoms with van der Waals surface area (Å²) in [5.41, 5.74) is 1.87. The molecule has 0 fully saturated rings. The van der Waals surface area contributed by atoms with E-state index < -0.39 is 21.8 Å². The molecular weight excluding hydrogens is 718 g/mol. The molecule has 13 heteroatoms. The lowest BCUT2D eigenvalue weighted by Gasteiger charge is -2.29. The molecule has 1 aromatic heterocycles. The van der Waals surface area contributed by atoms with Gasteiger partial charge in [0.05, 0.1) is 32.7 Å². The maximum Gasteiger partial charge on any atom is 0.275 e. The number of halogens is 1. The Bertz CT molecular complexity index is 2260. The number of nitrogens with zero attached hydrogens (tertiary/aromatic N) is 4. The molecule has 0 saturated carbocycles. The second kappa shape index (κ2) is 15.9. The van der Waals surface area contributed by atoms with Crippen LogP contribution in [0.2, 0.25) is 5.02 Å². The number of hydrogen-bond acceptors (Lipinski definition) is 7. The third kappa shape index (κ3) is 7.74. The van der Waals surface area contributed by atoms with E-state index in [0.29, 0.717) is 42.3 Å². The molecule has 270 valence electrons. The van der Waals surface area contributed by atoms with E-state index in [1.807, 2.05) is 36.4 Å². The van der Waals surface area contributed by atoms with E-state index in [9.17, 15) is 22.8 Å². The normalized spacial score (nSPS) is 12.8. The molecule has 0 aliphatic carbocycles. The molecule has 2 heterocycles. The zero-order valence-corrected chi connectivity index (χ0v) is 31.7. The number of hydrogen-bond donors (Lipinski definition) is 1. The van der Waals surface area contributed by atoms with Gasteiger partial charge in [-0.3, -0.25) is 14.4 Å². The maximum atomic E-state index is 14.4. The van der Waals surface area contributed by atoms with Crippen molar-refractivity contribution in [3.05, 3.63) is 118 Å². The number of nitrogens with one attached hydrogen (secondary N) is 1. The molecule has 0 atom stereocenters. The van der Waals surface area contributed by atoms with Crippen LogP contribution in [0, 0.1) is 6.92 Å². The van der Waals surface area contributed by atoms with Crippen LogP contribution in [0.4, 0.5) is 0 Å². The summed E-state index contributed by atoms with van der Waals surface area (Å²) < 4.78 is 30.4. The van der Waals surface area contributed by atoms with Crippen molar-refractivity contribution in [2.24, 2.45) is 0 Å². The Labute approximate surface area is 313 Å². The zero-order chi connectivity index (χ0) is 37.0. The summed E-state index contributed by atoms with van der Waals surface area (Å²) in [5, 5.41) is 6.40. The van der Waals surface area contributed by atoms with Crippen molar-refractivity contribution in [1.29, 1.82) is 0 Å². The van der Waals surface area contributed by atoms with Crippen molar-refractivity contribution < 1.29 is 22.8 Å². The summed E-state index contributed by atoms with van der Waals surface area (Å²) in [4.78, 5) is 46.2. The van der Waals surface area contributed by atoms with Gasteiger partial charge >= 0.3 is 0 Å². The number of benzene rings is 4. The first-order valence-electron chi connectivity index (χ1n) is 17.3. The third-order valence-electron chi connectivity index (χ3n) is 9.07. The van der Waals surface area contributed by atoms with Gasteiger partial charge in [0, 0.05) is 30.1 Å². The van der Waals surface area contributed by atoms with E-state index in [0.717, 1.165) is 41.5 Å². The highest BCUT2D eigenvalue weighted by Gasteiger charge is 2.30. The average Bonchev–Trinajstić information content (AvgIpc) is 3.46. The van der Waals surface area contributed by atoms with Crippen LogP contribution in [0.25, 0.3) is 16.5 Å². The average molecular weight is 758 g/mol. The van der Waals surface area contributed by atoms with Crippen LogP contribution in [0.5, 0.6) is 0 Å². The molecule has 0 unspecified atom stereocenters. The third-order valence-corrected chi connectivity index (χ3v) is 12.0. The predicted molar refractivity (Wildman–Crippen MR) is 205 cm³/mol. The molecule has 0 radical (unpaired) electrons. The Morgan fingerprint density at radius 3 is 2.33 bits per heavy atom. The van der Waals surface area contributed by atoms with E-state index in [4.69, 9.17) is 11.6 Å². The van der Waals surface area contributed by atoms with E-state index in [1.54, 1.807) is 34.9 Å². The minimum Gasteiger partial charge on any atom is -0.337 e. The van der Waals surface area contributed by atoms with Gasteiger partial charge in [-0.1, -0.05) is 86.8 Å². The van der Waals surface area contributed by atoms with E-state index in [2.05, 4.69) is 23.7 Å². The number of fused-ring (bicyclic) bond motifs is 2. The van der Waals surface area contributed by atoms with Gasteiger partial charge in [-0.25, -0.2) is 17.8 Å². The molecule has 3 amide bonds. The monoisotopic (exact) mass is 757 g/mol. The molecule has 4 aromatic carbocycles. The fourth-order valence-electron chi connectivity index (χ4n) is 6.10. The number of rotatable bonds is 12. The molecule has 1 N–H and O–H groups in total. The van der Waals surface area contributed by atoms with Crippen molar-refractivity contribution in [2.45, 2.75) is 62.8 Å². The first-order valence-corrected chi connectivity index (χ1v) is 20.1. The van der Waals surface area contributed by atoms with Crippen molar-refractivity contribution in [3.8, 4) is 5.69 Å². The predicted octanol–water partition coefficient (Wildman–Crippen LogP) is 7.85. The van der Waals surface area contributed by atoms with Crippen LogP contribution in [0.3, 0.4) is 0 Å². The molecular formula is C39H40ClN5O5S2. The molecule has 0 saturated heterocycles.